The number of carboxylic acids is 1. The maximum Gasteiger partial charge on any atom is 0.418 e. The predicted molar refractivity (Wildman–Crippen MR) is 46.2 cm³/mol. The smallest absolute Gasteiger partial charge is 0.418 e. The summed E-state index contributed by atoms with van der Waals surface area (Å²) in [4.78, 5) is 10.1. The van der Waals surface area contributed by atoms with Gasteiger partial charge in [0.15, 0.2) is 6.10 Å². The summed E-state index contributed by atoms with van der Waals surface area (Å²) < 4.78 is 41.8. The number of hydrogen-bond donors (Lipinski definition) is 0. The van der Waals surface area contributed by atoms with E-state index in [4.69, 9.17) is 0 Å². The quantitative estimate of drug-likeness (QED) is 0.781. The van der Waals surface area contributed by atoms with Crippen molar-refractivity contribution in [2.24, 2.45) is 0 Å². The normalized spacial score (nSPS) is 13.4. The van der Waals surface area contributed by atoms with Crippen LogP contribution in [0.4, 0.5) is 13.2 Å². The largest absolute Gasteiger partial charge is 0.548 e. The molecule has 0 aliphatic heterocycles. The molecule has 0 spiro atoms. The van der Waals surface area contributed by atoms with Crippen LogP contribution in [0.2, 0.25) is 0 Å². The van der Waals surface area contributed by atoms with E-state index < -0.39 is 24.9 Å². The van der Waals surface area contributed by atoms with Crippen LogP contribution in [-0.4, -0.2) is 18.8 Å². The molecule has 0 aliphatic rings. The molecule has 3 nitrogen and oxygen atoms in total. The fourth-order valence-corrected chi connectivity index (χ4v) is 1.16. The second kappa shape index (κ2) is 4.98. The fourth-order valence-electron chi connectivity index (χ4n) is 1.16. The topological polar surface area (TPSA) is 49.4 Å². The molecule has 1 aromatic rings. The highest BCUT2D eigenvalue weighted by atomic mass is 19.4. The summed E-state index contributed by atoms with van der Waals surface area (Å²) in [6.07, 6.45) is -6.90. The van der Waals surface area contributed by atoms with Crippen molar-refractivity contribution in [3.05, 3.63) is 35.9 Å². The molecule has 6 heteroatoms. The molecule has 0 N–H and O–H groups in total. The van der Waals surface area contributed by atoms with Crippen molar-refractivity contribution >= 4 is 5.97 Å². The van der Waals surface area contributed by atoms with Crippen molar-refractivity contribution in [1.29, 1.82) is 0 Å². The molecule has 0 aliphatic carbocycles. The number of halogens is 3. The lowest BCUT2D eigenvalue weighted by molar-refractivity contribution is -0.315. The van der Waals surface area contributed by atoms with Crippen molar-refractivity contribution in [3.63, 3.8) is 0 Å². The molecule has 0 heterocycles. The van der Waals surface area contributed by atoms with Gasteiger partial charge in [-0.3, -0.25) is 0 Å². The Morgan fingerprint density at radius 1 is 1.31 bits per heavy atom. The Morgan fingerprint density at radius 2 is 1.88 bits per heavy atom. The summed E-state index contributed by atoms with van der Waals surface area (Å²) in [5.74, 6) is -1.69. The van der Waals surface area contributed by atoms with Gasteiger partial charge in [0.05, 0.1) is 12.6 Å². The van der Waals surface area contributed by atoms with Crippen LogP contribution < -0.4 is 5.11 Å². The number of benzene rings is 1. The summed E-state index contributed by atoms with van der Waals surface area (Å²) in [5, 5.41) is 10.1. The molecule has 0 saturated heterocycles. The number of aliphatic carboxylic acids is 1. The Labute approximate surface area is 89.5 Å². The van der Waals surface area contributed by atoms with Crippen LogP contribution in [0, 0.1) is 0 Å². The summed E-state index contributed by atoms with van der Waals surface area (Å²) in [5.41, 5.74) is -0.142. The number of carboxylic acid groups (broad SMARTS) is 1. The number of carbonyl (C=O) groups is 1. The van der Waals surface area contributed by atoms with Gasteiger partial charge in [0, 0.05) is 0 Å². The average molecular weight is 233 g/mol. The van der Waals surface area contributed by atoms with Gasteiger partial charge in [-0.25, -0.2) is 0 Å². The Hall–Kier alpha value is -1.56. The first-order valence-corrected chi connectivity index (χ1v) is 4.34. The highest BCUT2D eigenvalue weighted by Gasteiger charge is 2.41. The van der Waals surface area contributed by atoms with Crippen LogP contribution in [-0.2, 0) is 9.53 Å². The molecule has 0 aromatic heterocycles. The first-order valence-electron chi connectivity index (χ1n) is 4.34. The van der Waals surface area contributed by atoms with Crippen molar-refractivity contribution in [3.8, 4) is 0 Å². The van der Waals surface area contributed by atoms with Gasteiger partial charge >= 0.3 is 6.18 Å². The number of alkyl halides is 3. The van der Waals surface area contributed by atoms with Gasteiger partial charge in [0.25, 0.3) is 0 Å². The van der Waals surface area contributed by atoms with Crippen molar-refractivity contribution < 1.29 is 27.8 Å². The minimum Gasteiger partial charge on any atom is -0.548 e. The minimum atomic E-state index is -4.66. The molecule has 16 heavy (non-hydrogen) atoms. The Kier molecular flexibility index (Phi) is 3.89. The molecule has 88 valence electrons. The lowest BCUT2D eigenvalue weighted by atomic mass is 10.1. The molecule has 0 unspecified atom stereocenters. The third-order valence-corrected chi connectivity index (χ3v) is 1.77. The van der Waals surface area contributed by atoms with Crippen LogP contribution in [0.15, 0.2) is 30.3 Å². The lowest BCUT2D eigenvalue weighted by Gasteiger charge is -2.21. The maximum atomic E-state index is 12.5. The van der Waals surface area contributed by atoms with Gasteiger partial charge in [0.1, 0.15) is 0 Å². The highest BCUT2D eigenvalue weighted by Crippen LogP contribution is 2.35. The minimum absolute atomic E-state index is 0.142. The van der Waals surface area contributed by atoms with Crippen LogP contribution >= 0.6 is 0 Å². The molecule has 0 bridgehead atoms. The van der Waals surface area contributed by atoms with Crippen LogP contribution in [0.1, 0.15) is 11.7 Å². The van der Waals surface area contributed by atoms with E-state index in [1.54, 1.807) is 6.07 Å². The molecule has 0 radical (unpaired) electrons. The number of ether oxygens (including phenoxy) is 1. The monoisotopic (exact) mass is 233 g/mol. The lowest BCUT2D eigenvalue weighted by Crippen LogP contribution is -2.32. The zero-order chi connectivity index (χ0) is 12.2. The van der Waals surface area contributed by atoms with Crippen LogP contribution in [0.25, 0.3) is 0 Å². The third-order valence-electron chi connectivity index (χ3n) is 1.77. The fraction of sp³-hybridized carbons (Fsp3) is 0.300. The molecule has 1 rings (SSSR count). The third kappa shape index (κ3) is 3.54. The molecule has 0 amide bonds. The molecule has 1 atom stereocenters. The highest BCUT2D eigenvalue weighted by molar-refractivity contribution is 5.65. The Balaban J connectivity index is 2.84. The zero-order valence-corrected chi connectivity index (χ0v) is 8.03. The second-order valence-corrected chi connectivity index (χ2v) is 3.02. The second-order valence-electron chi connectivity index (χ2n) is 3.02. The van der Waals surface area contributed by atoms with Crippen molar-refractivity contribution in [2.75, 3.05) is 6.61 Å². The number of hydrogen-bond acceptors (Lipinski definition) is 3. The summed E-state index contributed by atoms with van der Waals surface area (Å²) in [6, 6.07) is 6.81. The van der Waals surface area contributed by atoms with Crippen molar-refractivity contribution in [2.45, 2.75) is 12.3 Å². The molecular weight excluding hydrogens is 225 g/mol. The van der Waals surface area contributed by atoms with Gasteiger partial charge in [-0.1, -0.05) is 30.3 Å². The maximum absolute atomic E-state index is 12.5. The van der Waals surface area contributed by atoms with E-state index in [0.717, 1.165) is 0 Å². The van der Waals surface area contributed by atoms with E-state index in [1.807, 2.05) is 0 Å². The average Bonchev–Trinajstić information content (AvgIpc) is 2.17. The number of rotatable bonds is 4. The van der Waals surface area contributed by atoms with Gasteiger partial charge in [-0.2, -0.15) is 13.2 Å². The van der Waals surface area contributed by atoms with E-state index in [2.05, 4.69) is 4.74 Å². The SMILES string of the molecule is O=C([O-])CO[C@@H](c1ccccc1)C(F)(F)F. The zero-order valence-electron chi connectivity index (χ0n) is 8.03. The molecule has 0 saturated carbocycles. The summed E-state index contributed by atoms with van der Waals surface area (Å²) in [7, 11) is 0. The van der Waals surface area contributed by atoms with Gasteiger partial charge in [0.2, 0.25) is 0 Å². The standard InChI is InChI=1S/C10H9F3O3/c11-10(12,13)9(16-6-8(14)15)7-4-2-1-3-5-7/h1-5,9H,6H2,(H,14,15)/p-1/t9-/m0/s1. The first kappa shape index (κ1) is 12.5. The van der Waals surface area contributed by atoms with Crippen LogP contribution in [0.3, 0.4) is 0 Å². The van der Waals surface area contributed by atoms with E-state index in [-0.39, 0.29) is 5.56 Å². The van der Waals surface area contributed by atoms with Crippen LogP contribution in [0.5, 0.6) is 0 Å². The molecule has 1 aromatic carbocycles. The Morgan fingerprint density at radius 3 is 2.31 bits per heavy atom. The van der Waals surface area contributed by atoms with E-state index in [0.29, 0.717) is 0 Å². The van der Waals surface area contributed by atoms with Crippen molar-refractivity contribution in [1.82, 2.24) is 0 Å². The van der Waals surface area contributed by atoms with E-state index in [9.17, 15) is 23.1 Å². The van der Waals surface area contributed by atoms with Gasteiger partial charge < -0.3 is 14.6 Å². The van der Waals surface area contributed by atoms with Gasteiger partial charge in [-0.05, 0) is 5.56 Å². The first-order chi connectivity index (χ1) is 7.41. The summed E-state index contributed by atoms with van der Waals surface area (Å²) in [6.45, 7) is -1.10. The number of carbonyl (C=O) groups excluding carboxylic acids is 1. The summed E-state index contributed by atoms with van der Waals surface area (Å²) >= 11 is 0. The predicted octanol–water partition coefficient (Wildman–Crippen LogP) is 1.06. The molecular formula is C10H8F3O3-. The van der Waals surface area contributed by atoms with Gasteiger partial charge in [-0.15, -0.1) is 0 Å². The van der Waals surface area contributed by atoms with E-state index in [1.165, 1.54) is 24.3 Å². The Bertz CT molecular complexity index is 348. The van der Waals surface area contributed by atoms with E-state index >= 15 is 0 Å². The molecule has 0 fully saturated rings.